The molecule has 0 atom stereocenters. The van der Waals surface area contributed by atoms with Crippen LogP contribution in [0.4, 0.5) is 5.69 Å². The molecule has 1 aromatic carbocycles. The first-order valence-corrected chi connectivity index (χ1v) is 4.42. The number of nitro benzene ring substituents is 1. The van der Waals surface area contributed by atoms with Gasteiger partial charge in [-0.2, -0.15) is 0 Å². The van der Waals surface area contributed by atoms with E-state index in [1.807, 2.05) is 0 Å². The first-order valence-electron chi connectivity index (χ1n) is 4.05. The Balaban J connectivity index is 3.07. The van der Waals surface area contributed by atoms with Gasteiger partial charge in [-0.05, 0) is 13.0 Å². The fraction of sp³-hybridized carbons (Fsp3) is 0.222. The second kappa shape index (κ2) is 4.75. The Bertz CT molecular complexity index is 405. The second-order valence-corrected chi connectivity index (χ2v) is 3.30. The molecule has 5 nitrogen and oxygen atoms in total. The van der Waals surface area contributed by atoms with E-state index in [2.05, 4.69) is 4.74 Å². The molecule has 80 valence electrons. The molecule has 0 heterocycles. The van der Waals surface area contributed by atoms with E-state index < -0.39 is 4.92 Å². The first-order chi connectivity index (χ1) is 7.06. The van der Waals surface area contributed by atoms with Crippen molar-refractivity contribution in [1.82, 2.24) is 0 Å². The van der Waals surface area contributed by atoms with E-state index in [1.54, 1.807) is 6.92 Å². The maximum absolute atomic E-state index is 10.6. The standard InChI is InChI=1S/C9H8ClNO4/c1-6-2-7(4-15-5-12)8(10)3-9(6)11(13)14/h2-3,5H,4H2,1H3. The number of carbonyl (C=O) groups is 1. The van der Waals surface area contributed by atoms with Crippen LogP contribution in [-0.2, 0) is 16.1 Å². The molecule has 0 aliphatic heterocycles. The SMILES string of the molecule is Cc1cc(COC=O)c(Cl)cc1[N+](=O)[O-]. The van der Waals surface area contributed by atoms with Gasteiger partial charge in [0, 0.05) is 17.2 Å². The number of hydrogen-bond donors (Lipinski definition) is 0. The van der Waals surface area contributed by atoms with Crippen molar-refractivity contribution < 1.29 is 14.5 Å². The highest BCUT2D eigenvalue weighted by molar-refractivity contribution is 6.31. The van der Waals surface area contributed by atoms with Gasteiger partial charge >= 0.3 is 0 Å². The van der Waals surface area contributed by atoms with Gasteiger partial charge in [0.05, 0.1) is 9.95 Å². The third-order valence-electron chi connectivity index (χ3n) is 1.87. The lowest BCUT2D eigenvalue weighted by molar-refractivity contribution is -0.385. The van der Waals surface area contributed by atoms with Crippen molar-refractivity contribution in [1.29, 1.82) is 0 Å². The Morgan fingerprint density at radius 3 is 2.80 bits per heavy atom. The number of nitrogens with zero attached hydrogens (tertiary/aromatic N) is 1. The van der Waals surface area contributed by atoms with E-state index in [0.29, 0.717) is 17.6 Å². The summed E-state index contributed by atoms with van der Waals surface area (Å²) in [5, 5.41) is 10.8. The Kier molecular flexibility index (Phi) is 3.62. The molecule has 0 N–H and O–H groups in total. The molecule has 0 amide bonds. The van der Waals surface area contributed by atoms with Gasteiger partial charge in [-0.15, -0.1) is 0 Å². The number of aryl methyl sites for hydroxylation is 1. The van der Waals surface area contributed by atoms with E-state index in [4.69, 9.17) is 11.6 Å². The van der Waals surface area contributed by atoms with Crippen molar-refractivity contribution in [3.8, 4) is 0 Å². The summed E-state index contributed by atoms with van der Waals surface area (Å²) in [6.07, 6.45) is 0. The monoisotopic (exact) mass is 229 g/mol. The molecular weight excluding hydrogens is 222 g/mol. The van der Waals surface area contributed by atoms with Crippen molar-refractivity contribution in [2.75, 3.05) is 0 Å². The molecule has 6 heteroatoms. The summed E-state index contributed by atoms with van der Waals surface area (Å²) >= 11 is 5.78. The quantitative estimate of drug-likeness (QED) is 0.451. The maximum atomic E-state index is 10.6. The van der Waals surface area contributed by atoms with Gasteiger partial charge in [0.1, 0.15) is 6.61 Å². The van der Waals surface area contributed by atoms with Crippen LogP contribution in [0.15, 0.2) is 12.1 Å². The van der Waals surface area contributed by atoms with Crippen molar-refractivity contribution in [2.24, 2.45) is 0 Å². The number of hydrogen-bond acceptors (Lipinski definition) is 4. The van der Waals surface area contributed by atoms with Gasteiger partial charge in [0.25, 0.3) is 12.2 Å². The normalized spacial score (nSPS) is 9.73. The van der Waals surface area contributed by atoms with Crippen molar-refractivity contribution in [3.63, 3.8) is 0 Å². The second-order valence-electron chi connectivity index (χ2n) is 2.89. The third-order valence-corrected chi connectivity index (χ3v) is 2.22. The zero-order valence-corrected chi connectivity index (χ0v) is 8.65. The predicted octanol–water partition coefficient (Wildman–Crippen LogP) is 2.23. The highest BCUT2D eigenvalue weighted by atomic mass is 35.5. The highest BCUT2D eigenvalue weighted by Gasteiger charge is 2.14. The van der Waals surface area contributed by atoms with Crippen LogP contribution >= 0.6 is 11.6 Å². The summed E-state index contributed by atoms with van der Waals surface area (Å²) in [4.78, 5) is 20.0. The van der Waals surface area contributed by atoms with Crippen molar-refractivity contribution in [2.45, 2.75) is 13.5 Å². The summed E-state index contributed by atoms with van der Waals surface area (Å²) in [7, 11) is 0. The smallest absolute Gasteiger partial charge is 0.293 e. The molecule has 0 radical (unpaired) electrons. The lowest BCUT2D eigenvalue weighted by Gasteiger charge is -2.04. The molecule has 1 aromatic rings. The molecular formula is C9H8ClNO4. The number of benzene rings is 1. The van der Waals surface area contributed by atoms with Gasteiger partial charge < -0.3 is 4.74 Å². The Morgan fingerprint density at radius 1 is 1.60 bits per heavy atom. The summed E-state index contributed by atoms with van der Waals surface area (Å²) in [5.41, 5.74) is 0.982. The number of halogens is 1. The minimum Gasteiger partial charge on any atom is -0.463 e. The van der Waals surface area contributed by atoms with E-state index in [1.165, 1.54) is 12.1 Å². The molecule has 1 rings (SSSR count). The molecule has 0 bridgehead atoms. The van der Waals surface area contributed by atoms with Crippen LogP contribution in [0.25, 0.3) is 0 Å². The minimum absolute atomic E-state index is 0.0150. The third kappa shape index (κ3) is 2.66. The van der Waals surface area contributed by atoms with Gasteiger partial charge in [-0.3, -0.25) is 14.9 Å². The Hall–Kier alpha value is -1.62. The molecule has 0 aliphatic carbocycles. The van der Waals surface area contributed by atoms with Crippen molar-refractivity contribution >= 4 is 23.8 Å². The first kappa shape index (κ1) is 11.5. The lowest BCUT2D eigenvalue weighted by Crippen LogP contribution is -1.96. The topological polar surface area (TPSA) is 69.4 Å². The minimum atomic E-state index is -0.508. The van der Waals surface area contributed by atoms with Gasteiger partial charge in [0.2, 0.25) is 0 Å². The fourth-order valence-electron chi connectivity index (χ4n) is 1.16. The number of carbonyl (C=O) groups excluding carboxylic acids is 1. The van der Waals surface area contributed by atoms with Crippen LogP contribution in [0.5, 0.6) is 0 Å². The molecule has 0 saturated carbocycles. The van der Waals surface area contributed by atoms with E-state index in [0.717, 1.165) is 0 Å². The Labute approximate surface area is 90.8 Å². The van der Waals surface area contributed by atoms with E-state index in [9.17, 15) is 14.9 Å². The lowest BCUT2D eigenvalue weighted by atomic mass is 10.1. The maximum Gasteiger partial charge on any atom is 0.293 e. The fourth-order valence-corrected chi connectivity index (χ4v) is 1.37. The average Bonchev–Trinajstić information content (AvgIpc) is 2.18. The zero-order chi connectivity index (χ0) is 11.4. The molecule has 0 saturated heterocycles. The van der Waals surface area contributed by atoms with Gasteiger partial charge in [-0.1, -0.05) is 11.6 Å². The summed E-state index contributed by atoms with van der Waals surface area (Å²) in [6, 6.07) is 2.78. The van der Waals surface area contributed by atoms with Crippen molar-refractivity contribution in [3.05, 3.63) is 38.4 Å². The molecule has 0 fully saturated rings. The number of ether oxygens (including phenoxy) is 1. The summed E-state index contributed by atoms with van der Waals surface area (Å²) in [5.74, 6) is 0. The number of nitro groups is 1. The van der Waals surface area contributed by atoms with E-state index >= 15 is 0 Å². The molecule has 0 aliphatic rings. The van der Waals surface area contributed by atoms with Crippen LogP contribution in [0, 0.1) is 17.0 Å². The molecule has 0 aromatic heterocycles. The average molecular weight is 230 g/mol. The van der Waals surface area contributed by atoms with Gasteiger partial charge in [0.15, 0.2) is 0 Å². The zero-order valence-electron chi connectivity index (χ0n) is 7.90. The van der Waals surface area contributed by atoms with Crippen LogP contribution in [-0.4, -0.2) is 11.4 Å². The largest absolute Gasteiger partial charge is 0.463 e. The van der Waals surface area contributed by atoms with E-state index in [-0.39, 0.29) is 17.3 Å². The van der Waals surface area contributed by atoms with Crippen LogP contribution in [0.3, 0.4) is 0 Å². The summed E-state index contributed by atoms with van der Waals surface area (Å²) in [6.45, 7) is 1.91. The van der Waals surface area contributed by atoms with Crippen LogP contribution in [0.1, 0.15) is 11.1 Å². The van der Waals surface area contributed by atoms with Crippen LogP contribution < -0.4 is 0 Å². The molecule has 15 heavy (non-hydrogen) atoms. The molecule has 0 unspecified atom stereocenters. The molecule has 0 spiro atoms. The summed E-state index contributed by atoms with van der Waals surface area (Å²) < 4.78 is 4.52. The Morgan fingerprint density at radius 2 is 2.27 bits per heavy atom. The number of rotatable bonds is 4. The predicted molar refractivity (Wildman–Crippen MR) is 53.7 cm³/mol. The van der Waals surface area contributed by atoms with Crippen LogP contribution in [0.2, 0.25) is 5.02 Å². The highest BCUT2D eigenvalue weighted by Crippen LogP contribution is 2.26. The van der Waals surface area contributed by atoms with Gasteiger partial charge in [-0.25, -0.2) is 0 Å².